The number of rotatable bonds is 6. The molecule has 1 N–H and O–H groups in total. The van der Waals surface area contributed by atoms with Crippen molar-refractivity contribution in [2.45, 2.75) is 45.6 Å². The van der Waals surface area contributed by atoms with Crippen LogP contribution in [-0.2, 0) is 16.8 Å². The van der Waals surface area contributed by atoms with Crippen LogP contribution in [0.5, 0.6) is 0 Å². The highest BCUT2D eigenvalue weighted by atomic mass is 16.5. The first-order valence-corrected chi connectivity index (χ1v) is 6.19. The summed E-state index contributed by atoms with van der Waals surface area (Å²) >= 11 is 0. The third-order valence-corrected chi connectivity index (χ3v) is 3.37. The van der Waals surface area contributed by atoms with E-state index in [4.69, 9.17) is 9.84 Å². The maximum atomic E-state index is 11.0. The van der Waals surface area contributed by atoms with E-state index in [0.29, 0.717) is 17.9 Å². The normalized spacial score (nSPS) is 11.6. The molecule has 5 heteroatoms. The fourth-order valence-electron chi connectivity index (χ4n) is 2.03. The zero-order valence-electron chi connectivity index (χ0n) is 11.4. The van der Waals surface area contributed by atoms with Crippen molar-refractivity contribution in [3.63, 3.8) is 0 Å². The fourth-order valence-corrected chi connectivity index (χ4v) is 2.03. The lowest BCUT2D eigenvalue weighted by atomic mass is 9.95. The lowest BCUT2D eigenvalue weighted by molar-refractivity contribution is -0.0293. The predicted molar refractivity (Wildman–Crippen MR) is 67.6 cm³/mol. The van der Waals surface area contributed by atoms with Crippen LogP contribution in [0.1, 0.15) is 55.5 Å². The van der Waals surface area contributed by atoms with Crippen molar-refractivity contribution < 1.29 is 14.6 Å². The van der Waals surface area contributed by atoms with E-state index in [9.17, 15) is 4.79 Å². The van der Waals surface area contributed by atoms with Gasteiger partial charge in [-0.05, 0) is 19.3 Å². The summed E-state index contributed by atoms with van der Waals surface area (Å²) in [5.74, 6) is -0.425. The predicted octanol–water partition coefficient (Wildman–Crippen LogP) is 2.40. The number of aryl methyl sites for hydroxylation is 1. The van der Waals surface area contributed by atoms with E-state index in [-0.39, 0.29) is 5.56 Å². The Hall–Kier alpha value is -1.49. The van der Waals surface area contributed by atoms with Crippen LogP contribution in [0.25, 0.3) is 0 Å². The van der Waals surface area contributed by atoms with Gasteiger partial charge in [0.15, 0.2) is 5.82 Å². The van der Waals surface area contributed by atoms with Crippen molar-refractivity contribution in [2.24, 2.45) is 0 Å². The molecule has 1 heterocycles. The summed E-state index contributed by atoms with van der Waals surface area (Å²) in [6.45, 7) is 5.89. The van der Waals surface area contributed by atoms with Crippen molar-refractivity contribution in [1.29, 1.82) is 0 Å². The molecule has 100 valence electrons. The van der Waals surface area contributed by atoms with Gasteiger partial charge in [-0.15, -0.1) is 0 Å². The van der Waals surface area contributed by atoms with Gasteiger partial charge < -0.3 is 9.84 Å². The molecule has 0 aliphatic carbocycles. The molecule has 0 atom stereocenters. The van der Waals surface area contributed by atoms with Gasteiger partial charge in [0.1, 0.15) is 5.60 Å². The molecule has 0 fully saturated rings. The minimum atomic E-state index is -0.991. The smallest absolute Gasteiger partial charge is 0.339 e. The van der Waals surface area contributed by atoms with Gasteiger partial charge in [0, 0.05) is 13.3 Å². The van der Waals surface area contributed by atoms with Crippen molar-refractivity contribution >= 4 is 5.97 Å². The lowest BCUT2D eigenvalue weighted by Crippen LogP contribution is -2.30. The Kier molecular flexibility index (Phi) is 4.78. The average Bonchev–Trinajstić information content (AvgIpc) is 2.41. The molecule has 0 spiro atoms. The van der Waals surface area contributed by atoms with Gasteiger partial charge in [0.25, 0.3) is 0 Å². The second-order valence-electron chi connectivity index (χ2n) is 4.12. The number of carboxylic acids is 1. The second-order valence-corrected chi connectivity index (χ2v) is 4.12. The van der Waals surface area contributed by atoms with Gasteiger partial charge in [0.2, 0.25) is 0 Å². The summed E-state index contributed by atoms with van der Waals surface area (Å²) in [6.07, 6.45) is 3.43. The number of aromatic carboxylic acids is 1. The van der Waals surface area contributed by atoms with Gasteiger partial charge in [-0.2, -0.15) is 0 Å². The van der Waals surface area contributed by atoms with Gasteiger partial charge in [-0.25, -0.2) is 14.8 Å². The molecule has 5 nitrogen and oxygen atoms in total. The first kappa shape index (κ1) is 14.6. The summed E-state index contributed by atoms with van der Waals surface area (Å²) in [6, 6.07) is 0. The Bertz CT molecular complexity index is 420. The molecule has 18 heavy (non-hydrogen) atoms. The topological polar surface area (TPSA) is 72.3 Å². The molecular formula is C13H20N2O3. The molecule has 0 aliphatic heterocycles. The number of carboxylic acid groups (broad SMARTS) is 1. The number of hydrogen-bond acceptors (Lipinski definition) is 4. The summed E-state index contributed by atoms with van der Waals surface area (Å²) < 4.78 is 5.55. The van der Waals surface area contributed by atoms with Crippen LogP contribution in [-0.4, -0.2) is 28.2 Å². The third kappa shape index (κ3) is 2.51. The number of methoxy groups -OCH3 is 1. The zero-order valence-corrected chi connectivity index (χ0v) is 11.4. The van der Waals surface area contributed by atoms with Crippen LogP contribution in [0.15, 0.2) is 6.20 Å². The molecule has 0 bridgehead atoms. The van der Waals surface area contributed by atoms with E-state index in [1.165, 1.54) is 6.20 Å². The molecule has 0 radical (unpaired) electrons. The van der Waals surface area contributed by atoms with E-state index >= 15 is 0 Å². The first-order valence-electron chi connectivity index (χ1n) is 6.19. The van der Waals surface area contributed by atoms with E-state index in [1.54, 1.807) is 7.11 Å². The Balaban J connectivity index is 3.31. The number of aromatic nitrogens is 2. The number of ether oxygens (including phenoxy) is 1. The van der Waals surface area contributed by atoms with Crippen molar-refractivity contribution in [2.75, 3.05) is 7.11 Å². The maximum absolute atomic E-state index is 11.0. The highest BCUT2D eigenvalue weighted by molar-refractivity contribution is 5.88. The molecule has 0 saturated carbocycles. The molecule has 0 aromatic carbocycles. The molecule has 1 rings (SSSR count). The van der Waals surface area contributed by atoms with E-state index in [2.05, 4.69) is 9.97 Å². The zero-order chi connectivity index (χ0) is 13.8. The number of hydrogen-bond donors (Lipinski definition) is 1. The van der Waals surface area contributed by atoms with Gasteiger partial charge in [-0.3, -0.25) is 0 Å². The molecular weight excluding hydrogens is 232 g/mol. The highest BCUT2D eigenvalue weighted by Gasteiger charge is 2.32. The molecule has 1 aromatic heterocycles. The first-order chi connectivity index (χ1) is 8.54. The van der Waals surface area contributed by atoms with Crippen LogP contribution < -0.4 is 0 Å². The van der Waals surface area contributed by atoms with E-state index in [1.807, 2.05) is 20.8 Å². The van der Waals surface area contributed by atoms with Crippen LogP contribution in [0, 0.1) is 0 Å². The van der Waals surface area contributed by atoms with Gasteiger partial charge in [-0.1, -0.05) is 20.8 Å². The summed E-state index contributed by atoms with van der Waals surface area (Å²) in [7, 11) is 1.63. The van der Waals surface area contributed by atoms with Crippen LogP contribution in [0.3, 0.4) is 0 Å². The SMILES string of the molecule is CCc1nc(C(CC)(CC)OC)ncc1C(=O)O. The maximum Gasteiger partial charge on any atom is 0.339 e. The minimum Gasteiger partial charge on any atom is -0.478 e. The minimum absolute atomic E-state index is 0.165. The molecule has 1 aromatic rings. The summed E-state index contributed by atoms with van der Waals surface area (Å²) in [4.78, 5) is 19.6. The highest BCUT2D eigenvalue weighted by Crippen LogP contribution is 2.30. The standard InChI is InChI=1S/C13H20N2O3/c1-5-10-9(11(16)17)8-14-12(15-10)13(6-2,7-3)18-4/h8H,5-7H2,1-4H3,(H,16,17). The summed E-state index contributed by atoms with van der Waals surface area (Å²) in [5, 5.41) is 9.05. The third-order valence-electron chi connectivity index (χ3n) is 3.37. The molecule has 0 saturated heterocycles. The quantitative estimate of drug-likeness (QED) is 0.841. The van der Waals surface area contributed by atoms with Gasteiger partial charge >= 0.3 is 5.97 Å². The van der Waals surface area contributed by atoms with Crippen molar-refractivity contribution in [3.8, 4) is 0 Å². The van der Waals surface area contributed by atoms with Crippen LogP contribution >= 0.6 is 0 Å². The van der Waals surface area contributed by atoms with Crippen molar-refractivity contribution in [3.05, 3.63) is 23.3 Å². The second kappa shape index (κ2) is 5.91. The Morgan fingerprint density at radius 3 is 2.39 bits per heavy atom. The molecule has 0 unspecified atom stereocenters. The average molecular weight is 252 g/mol. The van der Waals surface area contributed by atoms with Gasteiger partial charge in [0.05, 0.1) is 11.3 Å². The van der Waals surface area contributed by atoms with E-state index < -0.39 is 11.6 Å². The van der Waals surface area contributed by atoms with E-state index in [0.717, 1.165) is 12.8 Å². The number of nitrogens with zero attached hydrogens (tertiary/aromatic N) is 2. The largest absolute Gasteiger partial charge is 0.478 e. The Morgan fingerprint density at radius 1 is 1.39 bits per heavy atom. The van der Waals surface area contributed by atoms with Crippen LogP contribution in [0.4, 0.5) is 0 Å². The number of carbonyl (C=O) groups is 1. The van der Waals surface area contributed by atoms with Crippen molar-refractivity contribution in [1.82, 2.24) is 9.97 Å². The molecule has 0 aliphatic rings. The van der Waals surface area contributed by atoms with Crippen LogP contribution in [0.2, 0.25) is 0 Å². The Labute approximate surface area is 107 Å². The fraction of sp³-hybridized carbons (Fsp3) is 0.615. The Morgan fingerprint density at radius 2 is 2.00 bits per heavy atom. The molecule has 0 amide bonds. The lowest BCUT2D eigenvalue weighted by Gasteiger charge is -2.28. The monoisotopic (exact) mass is 252 g/mol. The summed E-state index contributed by atoms with van der Waals surface area (Å²) in [5.41, 5.74) is 0.190.